The monoisotopic (exact) mass is 687 g/mol. The van der Waals surface area contributed by atoms with E-state index in [2.05, 4.69) is 28.6 Å². The minimum atomic E-state index is -3.82. The van der Waals surface area contributed by atoms with E-state index in [9.17, 15) is 13.2 Å². The van der Waals surface area contributed by atoms with E-state index in [1.807, 2.05) is 37.3 Å². The standard InChI is InChI=1S/C36H50ClN3O6S/c1-24-7-6-9-32(36-45-21-30(22-46-36)39(2)3)31-14-11-27(31)19-40-16-5-4-8-25-17-29(37)13-10-28(25)20-44-34-15-12-26(18-33(34)40)35(41)38-47(42,43)23-24/h10,12-13,15,17-18,24,27,30-32,36H,4-9,11,14,16,19-23H2,1-3H3,(H,38,41)/t24-,27-,30-,31+,32+,36-/m0/s1. The Morgan fingerprint density at radius 3 is 2.49 bits per heavy atom. The van der Waals surface area contributed by atoms with Crippen LogP contribution in [0.1, 0.15) is 73.4 Å². The lowest BCUT2D eigenvalue weighted by molar-refractivity contribution is -0.240. The molecule has 1 saturated heterocycles. The second kappa shape index (κ2) is 15.0. The number of nitrogens with zero attached hydrogens (tertiary/aromatic N) is 2. The van der Waals surface area contributed by atoms with Crippen LogP contribution in [0.4, 0.5) is 5.69 Å². The number of benzene rings is 2. The lowest BCUT2D eigenvalue weighted by atomic mass is 9.65. The molecule has 258 valence electrons. The van der Waals surface area contributed by atoms with Crippen LogP contribution in [0.15, 0.2) is 36.4 Å². The molecule has 1 amide bonds. The Balaban J connectivity index is 1.33. The molecule has 4 aliphatic rings. The third-order valence-electron chi connectivity index (χ3n) is 10.7. The molecule has 0 radical (unpaired) electrons. The Hall–Kier alpha value is -2.37. The van der Waals surface area contributed by atoms with Gasteiger partial charge < -0.3 is 24.0 Å². The van der Waals surface area contributed by atoms with Crippen molar-refractivity contribution < 1.29 is 27.4 Å². The van der Waals surface area contributed by atoms with Gasteiger partial charge in [-0.05, 0) is 118 Å². The summed E-state index contributed by atoms with van der Waals surface area (Å²) in [6, 6.07) is 11.5. The van der Waals surface area contributed by atoms with Crippen molar-refractivity contribution in [3.05, 3.63) is 58.1 Å². The summed E-state index contributed by atoms with van der Waals surface area (Å²) in [5.41, 5.74) is 3.43. The molecule has 47 heavy (non-hydrogen) atoms. The number of amides is 1. The summed E-state index contributed by atoms with van der Waals surface area (Å²) >= 11 is 6.36. The molecule has 2 bridgehead atoms. The van der Waals surface area contributed by atoms with Crippen molar-refractivity contribution >= 4 is 33.2 Å². The van der Waals surface area contributed by atoms with Crippen molar-refractivity contribution in [3.8, 4) is 5.75 Å². The molecule has 4 atom stereocenters. The Labute approximate surface area is 285 Å². The van der Waals surface area contributed by atoms with Crippen LogP contribution >= 0.6 is 11.6 Å². The van der Waals surface area contributed by atoms with E-state index in [4.69, 9.17) is 25.8 Å². The summed E-state index contributed by atoms with van der Waals surface area (Å²) in [6.45, 7) is 5.24. The maximum absolute atomic E-state index is 13.4. The highest BCUT2D eigenvalue weighted by Gasteiger charge is 2.43. The quantitative estimate of drug-likeness (QED) is 0.418. The first-order valence-electron chi connectivity index (χ1n) is 17.3. The molecule has 2 aromatic rings. The summed E-state index contributed by atoms with van der Waals surface area (Å²) in [7, 11) is 0.289. The molecule has 1 saturated carbocycles. The maximum Gasteiger partial charge on any atom is 0.264 e. The van der Waals surface area contributed by atoms with Crippen LogP contribution in [0.5, 0.6) is 5.75 Å². The highest BCUT2D eigenvalue weighted by atomic mass is 35.5. The second-order valence-electron chi connectivity index (χ2n) is 14.4. The van der Waals surface area contributed by atoms with Crippen molar-refractivity contribution in [1.82, 2.24) is 9.62 Å². The first kappa shape index (κ1) is 34.5. The number of aryl methyl sites for hydroxylation is 1. The molecule has 0 spiro atoms. The number of ether oxygens (including phenoxy) is 3. The SMILES string of the molecule is C[C@H]1CCC[C@@H]([C@H]2OC[C@H](N(C)C)CO2)[C@@H]2CC[C@H]2CN2CCCCc3cc(Cl)ccc3COc3ccc(cc32)C(=O)NS(=O)(=O)C1. The maximum atomic E-state index is 13.4. The predicted octanol–water partition coefficient (Wildman–Crippen LogP) is 5.89. The van der Waals surface area contributed by atoms with Crippen molar-refractivity contribution in [2.75, 3.05) is 51.1 Å². The van der Waals surface area contributed by atoms with E-state index in [-0.39, 0.29) is 29.9 Å². The van der Waals surface area contributed by atoms with Crippen LogP contribution in [0.25, 0.3) is 0 Å². The number of sulfonamides is 1. The van der Waals surface area contributed by atoms with Crippen LogP contribution < -0.4 is 14.4 Å². The van der Waals surface area contributed by atoms with Crippen LogP contribution in [0.3, 0.4) is 0 Å². The summed E-state index contributed by atoms with van der Waals surface area (Å²) in [4.78, 5) is 17.9. The average Bonchev–Trinajstić information content (AvgIpc) is 3.04. The number of carbonyl (C=O) groups is 1. The molecule has 3 aliphatic heterocycles. The van der Waals surface area contributed by atoms with Crippen LogP contribution in [-0.4, -0.2) is 77.7 Å². The fraction of sp³-hybridized carbons (Fsp3) is 0.639. The van der Waals surface area contributed by atoms with Gasteiger partial charge in [-0.15, -0.1) is 0 Å². The van der Waals surface area contributed by atoms with Gasteiger partial charge in [-0.3, -0.25) is 4.79 Å². The second-order valence-corrected chi connectivity index (χ2v) is 16.6. The van der Waals surface area contributed by atoms with E-state index in [0.29, 0.717) is 43.0 Å². The van der Waals surface area contributed by atoms with Gasteiger partial charge in [0.15, 0.2) is 6.29 Å². The fourth-order valence-electron chi connectivity index (χ4n) is 7.75. The third kappa shape index (κ3) is 8.44. The normalized spacial score (nSPS) is 30.5. The Morgan fingerprint density at radius 1 is 0.936 bits per heavy atom. The number of hydrogen-bond donors (Lipinski definition) is 1. The number of hydrogen-bond acceptors (Lipinski definition) is 8. The lowest BCUT2D eigenvalue weighted by Crippen LogP contribution is -2.50. The smallest absolute Gasteiger partial charge is 0.264 e. The zero-order valence-electron chi connectivity index (χ0n) is 28.0. The first-order chi connectivity index (χ1) is 22.6. The average molecular weight is 688 g/mol. The van der Waals surface area contributed by atoms with Crippen molar-refractivity contribution in [1.29, 1.82) is 0 Å². The highest BCUT2D eigenvalue weighted by Crippen LogP contribution is 2.46. The van der Waals surface area contributed by atoms with Crippen LogP contribution in [0.2, 0.25) is 5.02 Å². The number of rotatable bonds is 2. The fourth-order valence-corrected chi connectivity index (χ4v) is 9.35. The van der Waals surface area contributed by atoms with Crippen molar-refractivity contribution in [3.63, 3.8) is 0 Å². The molecule has 1 N–H and O–H groups in total. The van der Waals surface area contributed by atoms with Gasteiger partial charge in [-0.2, -0.15) is 0 Å². The molecule has 0 aromatic heterocycles. The Kier molecular flexibility index (Phi) is 11.0. The molecular formula is C36H50ClN3O6S. The van der Waals surface area contributed by atoms with Gasteiger partial charge in [0.25, 0.3) is 5.91 Å². The van der Waals surface area contributed by atoms with E-state index < -0.39 is 15.9 Å². The molecule has 0 unspecified atom stereocenters. The van der Waals surface area contributed by atoms with Gasteiger partial charge in [0, 0.05) is 29.6 Å². The largest absolute Gasteiger partial charge is 0.487 e. The zero-order valence-corrected chi connectivity index (χ0v) is 29.5. The van der Waals surface area contributed by atoms with Gasteiger partial charge in [0.2, 0.25) is 10.0 Å². The minimum absolute atomic E-state index is 0.0913. The summed E-state index contributed by atoms with van der Waals surface area (Å²) in [5.74, 6) is 0.998. The van der Waals surface area contributed by atoms with Crippen molar-refractivity contribution in [2.45, 2.75) is 77.2 Å². The van der Waals surface area contributed by atoms with Gasteiger partial charge in [-0.25, -0.2) is 13.1 Å². The van der Waals surface area contributed by atoms with E-state index >= 15 is 0 Å². The Morgan fingerprint density at radius 2 is 1.74 bits per heavy atom. The van der Waals surface area contributed by atoms with Gasteiger partial charge in [0.05, 0.1) is 30.7 Å². The van der Waals surface area contributed by atoms with Gasteiger partial charge in [-0.1, -0.05) is 31.0 Å². The molecule has 2 fully saturated rings. The first-order valence-corrected chi connectivity index (χ1v) is 19.3. The number of anilines is 1. The molecule has 6 rings (SSSR count). The van der Waals surface area contributed by atoms with E-state index in [1.165, 1.54) is 5.56 Å². The summed E-state index contributed by atoms with van der Waals surface area (Å²) in [6.07, 6.45) is 7.39. The van der Waals surface area contributed by atoms with Crippen molar-refractivity contribution in [2.24, 2.45) is 23.7 Å². The molecule has 9 nitrogen and oxygen atoms in total. The predicted molar refractivity (Wildman–Crippen MR) is 185 cm³/mol. The number of halogens is 1. The van der Waals surface area contributed by atoms with Gasteiger partial charge >= 0.3 is 0 Å². The number of carbonyl (C=O) groups excluding carboxylic acids is 1. The van der Waals surface area contributed by atoms with Crippen LogP contribution in [0, 0.1) is 23.7 Å². The van der Waals surface area contributed by atoms with Gasteiger partial charge in [0.1, 0.15) is 12.4 Å². The highest BCUT2D eigenvalue weighted by molar-refractivity contribution is 7.90. The van der Waals surface area contributed by atoms with Crippen LogP contribution in [-0.2, 0) is 32.5 Å². The molecular weight excluding hydrogens is 638 g/mol. The molecule has 3 heterocycles. The summed E-state index contributed by atoms with van der Waals surface area (Å²) < 4.78 is 47.9. The topological polar surface area (TPSA) is 97.4 Å². The van der Waals surface area contributed by atoms with E-state index in [1.54, 1.807) is 6.07 Å². The lowest BCUT2D eigenvalue weighted by Gasteiger charge is -2.48. The Bertz CT molecular complexity index is 1510. The molecule has 2 aromatic carbocycles. The molecule has 1 aliphatic carbocycles. The number of fused-ring (bicyclic) bond motifs is 3. The number of nitrogens with one attached hydrogen (secondary N) is 1. The minimum Gasteiger partial charge on any atom is -0.487 e. The van der Waals surface area contributed by atoms with E-state index in [0.717, 1.165) is 80.7 Å². The number of likely N-dealkylation sites (N-methyl/N-ethyl adjacent to an activating group) is 1. The molecule has 11 heteroatoms. The third-order valence-corrected chi connectivity index (χ3v) is 12.4. The zero-order chi connectivity index (χ0) is 33.1. The summed E-state index contributed by atoms with van der Waals surface area (Å²) in [5, 5.41) is 0.721.